The minimum atomic E-state index is -3.68. The van der Waals surface area contributed by atoms with Crippen molar-refractivity contribution in [3.05, 3.63) is 59.8 Å². The molecule has 2 aromatic carbocycles. The second-order valence-corrected chi connectivity index (χ2v) is 8.76. The quantitative estimate of drug-likeness (QED) is 0.637. The summed E-state index contributed by atoms with van der Waals surface area (Å²) in [5, 5.41) is 5.68. The minimum Gasteiger partial charge on any atom is -0.266 e. The molecule has 0 spiro atoms. The molecule has 4 rings (SSSR count). The molecule has 0 aliphatic heterocycles. The van der Waals surface area contributed by atoms with E-state index >= 15 is 0 Å². The normalized spacial score (nSPS) is 20.2. The van der Waals surface area contributed by atoms with Gasteiger partial charge in [0.25, 0.3) is 10.1 Å². The third-order valence-electron chi connectivity index (χ3n) is 5.14. The number of aryl methyl sites for hydroxylation is 2. The first-order chi connectivity index (χ1) is 12.4. The van der Waals surface area contributed by atoms with Gasteiger partial charge in [0.2, 0.25) is 0 Å². The van der Waals surface area contributed by atoms with Crippen LogP contribution < -0.4 is 0 Å². The molecule has 0 N–H and O–H groups in total. The number of fused-ring (bicyclic) bond motifs is 1. The Balaban J connectivity index is 1.39. The zero-order valence-electron chi connectivity index (χ0n) is 14.9. The Morgan fingerprint density at radius 2 is 1.85 bits per heavy atom. The predicted molar refractivity (Wildman–Crippen MR) is 101 cm³/mol. The lowest BCUT2D eigenvalue weighted by atomic mass is 9.81. The molecular weight excluding hydrogens is 348 g/mol. The van der Waals surface area contributed by atoms with Crippen LogP contribution >= 0.6 is 0 Å². The predicted octanol–water partition coefficient (Wildman–Crippen LogP) is 4.01. The summed E-state index contributed by atoms with van der Waals surface area (Å²) in [5.41, 5.74) is 3.40. The first-order valence-electron chi connectivity index (χ1n) is 8.83. The molecule has 6 heteroatoms. The standard InChI is InChI=1S/C20H22N2O3S/c1-14-6-8-19(9-7-14)26(23,24)25-13-16-10-18(11-16)22-20-15(2)4-3-5-17(20)12-21-22/h3-9,12,16,18H,10-11,13H2,1-2H3. The molecule has 136 valence electrons. The molecule has 1 aliphatic rings. The van der Waals surface area contributed by atoms with E-state index in [0.717, 1.165) is 23.8 Å². The molecule has 5 nitrogen and oxygen atoms in total. The minimum absolute atomic E-state index is 0.215. The fraction of sp³-hybridized carbons (Fsp3) is 0.350. The molecule has 1 aliphatic carbocycles. The second-order valence-electron chi connectivity index (χ2n) is 7.14. The lowest BCUT2D eigenvalue weighted by molar-refractivity contribution is 0.123. The van der Waals surface area contributed by atoms with Gasteiger partial charge in [-0.2, -0.15) is 13.5 Å². The van der Waals surface area contributed by atoms with Crippen LogP contribution in [0.1, 0.15) is 30.0 Å². The summed E-state index contributed by atoms with van der Waals surface area (Å²) in [7, 11) is -3.68. The molecule has 0 saturated heterocycles. The molecule has 1 saturated carbocycles. The Bertz CT molecular complexity index is 1030. The van der Waals surface area contributed by atoms with Crippen LogP contribution in [0.2, 0.25) is 0 Å². The van der Waals surface area contributed by atoms with E-state index in [1.165, 1.54) is 11.1 Å². The van der Waals surface area contributed by atoms with Crippen LogP contribution in [-0.2, 0) is 14.3 Å². The number of hydrogen-bond acceptors (Lipinski definition) is 4. The van der Waals surface area contributed by atoms with Crippen LogP contribution in [0.25, 0.3) is 10.9 Å². The smallest absolute Gasteiger partial charge is 0.266 e. The largest absolute Gasteiger partial charge is 0.296 e. The average Bonchev–Trinajstić information content (AvgIpc) is 2.99. The van der Waals surface area contributed by atoms with Crippen molar-refractivity contribution in [3.8, 4) is 0 Å². The van der Waals surface area contributed by atoms with Gasteiger partial charge in [0, 0.05) is 5.39 Å². The lowest BCUT2D eigenvalue weighted by Crippen LogP contribution is -2.31. The van der Waals surface area contributed by atoms with Gasteiger partial charge in [0.1, 0.15) is 0 Å². The van der Waals surface area contributed by atoms with Crippen molar-refractivity contribution < 1.29 is 12.6 Å². The van der Waals surface area contributed by atoms with Gasteiger partial charge >= 0.3 is 0 Å². The fourth-order valence-corrected chi connectivity index (χ4v) is 4.53. The number of para-hydroxylation sites is 1. The molecule has 3 aromatic rings. The highest BCUT2D eigenvalue weighted by Gasteiger charge is 2.33. The zero-order chi connectivity index (χ0) is 18.3. The van der Waals surface area contributed by atoms with Gasteiger partial charge in [0.15, 0.2) is 0 Å². The second kappa shape index (κ2) is 6.52. The molecule has 26 heavy (non-hydrogen) atoms. The Morgan fingerprint density at radius 3 is 2.58 bits per heavy atom. The van der Waals surface area contributed by atoms with Crippen LogP contribution in [0.3, 0.4) is 0 Å². The summed E-state index contributed by atoms with van der Waals surface area (Å²) in [6.45, 7) is 4.24. The molecule has 0 amide bonds. The van der Waals surface area contributed by atoms with Crippen molar-refractivity contribution >= 4 is 21.0 Å². The Hall–Kier alpha value is -2.18. The Kier molecular flexibility index (Phi) is 4.32. The van der Waals surface area contributed by atoms with E-state index < -0.39 is 10.1 Å². The number of rotatable bonds is 5. The first-order valence-corrected chi connectivity index (χ1v) is 10.2. The zero-order valence-corrected chi connectivity index (χ0v) is 15.7. The summed E-state index contributed by atoms with van der Waals surface area (Å²) in [6, 6.07) is 13.2. The number of hydrogen-bond donors (Lipinski definition) is 0. The number of benzene rings is 2. The summed E-state index contributed by atoms with van der Waals surface area (Å²) in [4.78, 5) is 0.215. The molecular formula is C20H22N2O3S. The Morgan fingerprint density at radius 1 is 1.12 bits per heavy atom. The third-order valence-corrected chi connectivity index (χ3v) is 6.44. The van der Waals surface area contributed by atoms with Crippen molar-refractivity contribution in [1.29, 1.82) is 0 Å². The number of nitrogens with zero attached hydrogens (tertiary/aromatic N) is 2. The molecule has 0 atom stereocenters. The summed E-state index contributed by atoms with van der Waals surface area (Å²) < 4.78 is 31.9. The maximum absolute atomic E-state index is 12.3. The van der Waals surface area contributed by atoms with Crippen LogP contribution in [0.4, 0.5) is 0 Å². The summed E-state index contributed by atoms with van der Waals surface area (Å²) in [6.07, 6.45) is 3.66. The average molecular weight is 370 g/mol. The van der Waals surface area contributed by atoms with E-state index in [-0.39, 0.29) is 17.4 Å². The highest BCUT2D eigenvalue weighted by Crippen LogP contribution is 2.40. The topological polar surface area (TPSA) is 61.2 Å². The lowest BCUT2D eigenvalue weighted by Gasteiger charge is -2.35. The highest BCUT2D eigenvalue weighted by molar-refractivity contribution is 7.86. The van der Waals surface area contributed by atoms with E-state index in [0.29, 0.717) is 6.04 Å². The van der Waals surface area contributed by atoms with Crippen molar-refractivity contribution in [3.63, 3.8) is 0 Å². The van der Waals surface area contributed by atoms with E-state index in [9.17, 15) is 8.42 Å². The van der Waals surface area contributed by atoms with Crippen LogP contribution in [0, 0.1) is 19.8 Å². The van der Waals surface area contributed by atoms with E-state index in [1.807, 2.05) is 19.2 Å². The maximum Gasteiger partial charge on any atom is 0.296 e. The van der Waals surface area contributed by atoms with Gasteiger partial charge in [-0.3, -0.25) is 8.86 Å². The van der Waals surface area contributed by atoms with Crippen LogP contribution in [0.5, 0.6) is 0 Å². The van der Waals surface area contributed by atoms with Gasteiger partial charge in [-0.1, -0.05) is 35.9 Å². The monoisotopic (exact) mass is 370 g/mol. The maximum atomic E-state index is 12.3. The van der Waals surface area contributed by atoms with Crippen molar-refractivity contribution in [2.24, 2.45) is 5.92 Å². The molecule has 1 aromatic heterocycles. The van der Waals surface area contributed by atoms with Crippen molar-refractivity contribution in [1.82, 2.24) is 9.78 Å². The van der Waals surface area contributed by atoms with E-state index in [1.54, 1.807) is 24.3 Å². The molecule has 1 fully saturated rings. The van der Waals surface area contributed by atoms with Gasteiger partial charge in [-0.15, -0.1) is 0 Å². The van der Waals surface area contributed by atoms with Gasteiger partial charge < -0.3 is 0 Å². The Labute approximate surface area is 153 Å². The number of aromatic nitrogens is 2. The van der Waals surface area contributed by atoms with Gasteiger partial charge in [-0.05, 0) is 50.3 Å². The molecule has 0 bridgehead atoms. The first kappa shape index (κ1) is 17.2. The highest BCUT2D eigenvalue weighted by atomic mass is 32.2. The van der Waals surface area contributed by atoms with Crippen LogP contribution in [0.15, 0.2) is 53.6 Å². The van der Waals surface area contributed by atoms with E-state index in [4.69, 9.17) is 4.18 Å². The molecule has 0 radical (unpaired) electrons. The molecule has 0 unspecified atom stereocenters. The third kappa shape index (κ3) is 3.15. The van der Waals surface area contributed by atoms with Gasteiger partial charge in [-0.25, -0.2) is 0 Å². The van der Waals surface area contributed by atoms with Crippen molar-refractivity contribution in [2.45, 2.75) is 37.6 Å². The van der Waals surface area contributed by atoms with Gasteiger partial charge in [0.05, 0.1) is 29.3 Å². The molecule has 1 heterocycles. The van der Waals surface area contributed by atoms with Crippen molar-refractivity contribution in [2.75, 3.05) is 6.61 Å². The van der Waals surface area contributed by atoms with E-state index in [2.05, 4.69) is 28.8 Å². The SMILES string of the molecule is Cc1ccc(S(=O)(=O)OCC2CC(n3ncc4cccc(C)c43)C2)cc1. The summed E-state index contributed by atoms with van der Waals surface area (Å²) in [5.74, 6) is 0.239. The fourth-order valence-electron chi connectivity index (χ4n) is 3.55. The van der Waals surface area contributed by atoms with Crippen LogP contribution in [-0.4, -0.2) is 24.8 Å². The summed E-state index contributed by atoms with van der Waals surface area (Å²) >= 11 is 0.